The van der Waals surface area contributed by atoms with E-state index >= 15 is 0 Å². The molecule has 1 aromatic carbocycles. The second-order valence-corrected chi connectivity index (χ2v) is 8.84. The van der Waals surface area contributed by atoms with E-state index in [0.717, 1.165) is 55.2 Å². The molecule has 1 amide bonds. The summed E-state index contributed by atoms with van der Waals surface area (Å²) in [6.45, 7) is 6.81. The summed E-state index contributed by atoms with van der Waals surface area (Å²) in [5, 5.41) is 5.99. The quantitative estimate of drug-likeness (QED) is 0.572. The third kappa shape index (κ3) is 4.21. The fourth-order valence-electron chi connectivity index (χ4n) is 4.74. The van der Waals surface area contributed by atoms with Crippen LogP contribution in [0.1, 0.15) is 57.2 Å². The van der Waals surface area contributed by atoms with E-state index in [1.165, 1.54) is 0 Å². The highest BCUT2D eigenvalue weighted by Gasteiger charge is 2.35. The summed E-state index contributed by atoms with van der Waals surface area (Å²) in [6.07, 6.45) is 6.23. The summed E-state index contributed by atoms with van der Waals surface area (Å²) < 4.78 is 7.09. The lowest BCUT2D eigenvalue weighted by Gasteiger charge is -2.38. The third-order valence-electron chi connectivity index (χ3n) is 6.52. The van der Waals surface area contributed by atoms with Gasteiger partial charge in [-0.3, -0.25) is 9.48 Å². The van der Waals surface area contributed by atoms with Crippen molar-refractivity contribution in [2.45, 2.75) is 51.6 Å². The van der Waals surface area contributed by atoms with Gasteiger partial charge in [-0.15, -0.1) is 0 Å². The van der Waals surface area contributed by atoms with Gasteiger partial charge in [-0.25, -0.2) is 4.79 Å². The second-order valence-electron chi connectivity index (χ2n) is 8.84. The molecule has 7 heteroatoms. The largest absolute Gasteiger partial charge is 0.459 e. The Kier molecular flexibility index (Phi) is 6.09. The van der Waals surface area contributed by atoms with Gasteiger partial charge in [0.05, 0.1) is 24.2 Å². The van der Waals surface area contributed by atoms with Crippen LogP contribution >= 0.6 is 0 Å². The van der Waals surface area contributed by atoms with Crippen molar-refractivity contribution in [3.63, 3.8) is 0 Å². The molecule has 2 atom stereocenters. The predicted octanol–water partition coefficient (Wildman–Crippen LogP) is 3.17. The summed E-state index contributed by atoms with van der Waals surface area (Å²) >= 11 is 0. The minimum absolute atomic E-state index is 0.115. The molecule has 2 aromatic rings. The first-order valence-electron chi connectivity index (χ1n) is 11.1. The van der Waals surface area contributed by atoms with Crippen molar-refractivity contribution in [3.05, 3.63) is 30.0 Å². The van der Waals surface area contributed by atoms with Crippen LogP contribution in [-0.2, 0) is 14.3 Å². The summed E-state index contributed by atoms with van der Waals surface area (Å²) in [7, 11) is 2.16. The van der Waals surface area contributed by atoms with Crippen LogP contribution in [0.25, 0.3) is 10.9 Å². The molecule has 0 bridgehead atoms. The maximum atomic E-state index is 12.7. The van der Waals surface area contributed by atoms with Crippen molar-refractivity contribution < 1.29 is 14.3 Å². The highest BCUT2D eigenvalue weighted by molar-refractivity contribution is 6.32. The number of hydrogen-bond donors (Lipinski definition) is 0. The van der Waals surface area contributed by atoms with Gasteiger partial charge < -0.3 is 14.5 Å². The molecule has 3 heterocycles. The fraction of sp³-hybridized carbons (Fsp3) is 0.609. The van der Waals surface area contributed by atoms with Crippen molar-refractivity contribution in [2.75, 3.05) is 33.3 Å². The van der Waals surface area contributed by atoms with Gasteiger partial charge in [0, 0.05) is 18.1 Å². The molecule has 0 saturated carbocycles. The maximum Gasteiger partial charge on any atom is 0.397 e. The minimum atomic E-state index is -0.760. The van der Waals surface area contributed by atoms with Crippen LogP contribution < -0.4 is 0 Å². The summed E-state index contributed by atoms with van der Waals surface area (Å²) in [5.41, 5.74) is 1.99. The number of likely N-dealkylation sites (tertiary alicyclic amines) is 2. The Bertz CT molecular complexity index is 916. The molecule has 0 radical (unpaired) electrons. The Balaban J connectivity index is 1.59. The number of esters is 1. The monoisotopic (exact) mass is 412 g/mol. The molecule has 30 heavy (non-hydrogen) atoms. The Labute approximate surface area is 178 Å². The highest BCUT2D eigenvalue weighted by atomic mass is 16.5. The molecule has 0 N–H and O–H groups in total. The van der Waals surface area contributed by atoms with E-state index in [2.05, 4.69) is 47.9 Å². The molecule has 2 aliphatic heterocycles. The number of amides is 1. The number of aromatic nitrogens is 2. The van der Waals surface area contributed by atoms with E-state index in [4.69, 9.17) is 9.84 Å². The Morgan fingerprint density at radius 1 is 1.17 bits per heavy atom. The molecule has 162 valence electrons. The molecule has 1 aromatic heterocycles. The van der Waals surface area contributed by atoms with Gasteiger partial charge in [-0.05, 0) is 70.3 Å². The van der Waals surface area contributed by atoms with Gasteiger partial charge in [0.25, 0.3) is 0 Å². The van der Waals surface area contributed by atoms with Crippen molar-refractivity contribution in [1.82, 2.24) is 19.6 Å². The topological polar surface area (TPSA) is 67.7 Å². The van der Waals surface area contributed by atoms with Gasteiger partial charge in [0.2, 0.25) is 0 Å². The zero-order valence-electron chi connectivity index (χ0n) is 18.2. The van der Waals surface area contributed by atoms with Gasteiger partial charge in [-0.2, -0.15) is 5.10 Å². The maximum absolute atomic E-state index is 12.7. The van der Waals surface area contributed by atoms with Gasteiger partial charge >= 0.3 is 11.9 Å². The lowest BCUT2D eigenvalue weighted by molar-refractivity contribution is -0.162. The van der Waals surface area contributed by atoms with Crippen LogP contribution in [-0.4, -0.2) is 64.7 Å². The molecule has 0 aliphatic carbocycles. The SMILES string of the molecule is CCOC(=O)C(=O)N1C[C@@H](C)CC[C@@H]1c1ccc2cn(C3CCN(C)CC3)nc2c1. The first-order chi connectivity index (χ1) is 14.5. The van der Waals surface area contributed by atoms with Crippen molar-refractivity contribution in [2.24, 2.45) is 5.92 Å². The normalized spacial score (nSPS) is 23.6. The van der Waals surface area contributed by atoms with Gasteiger partial charge in [0.15, 0.2) is 0 Å². The lowest BCUT2D eigenvalue weighted by atomic mass is 9.89. The van der Waals surface area contributed by atoms with Crippen LogP contribution in [0.3, 0.4) is 0 Å². The van der Waals surface area contributed by atoms with Crippen molar-refractivity contribution >= 4 is 22.8 Å². The van der Waals surface area contributed by atoms with E-state index < -0.39 is 11.9 Å². The number of carbonyl (C=O) groups excluding carboxylic acids is 2. The first kappa shape index (κ1) is 20.8. The molecule has 2 saturated heterocycles. The average Bonchev–Trinajstić information content (AvgIpc) is 3.17. The van der Waals surface area contributed by atoms with Crippen LogP contribution in [0.5, 0.6) is 0 Å². The fourth-order valence-corrected chi connectivity index (χ4v) is 4.74. The first-order valence-corrected chi connectivity index (χ1v) is 11.1. The number of fused-ring (bicyclic) bond motifs is 1. The Morgan fingerprint density at radius 2 is 1.93 bits per heavy atom. The number of carbonyl (C=O) groups is 2. The molecular weight excluding hydrogens is 380 g/mol. The molecule has 2 fully saturated rings. The van der Waals surface area contributed by atoms with Gasteiger partial charge in [-0.1, -0.05) is 19.1 Å². The standard InChI is InChI=1S/C23H32N4O3/c1-4-30-23(29)22(28)26-14-16(2)5-8-21(26)17-6-7-18-15-27(24-20(18)13-17)19-9-11-25(3)12-10-19/h6-7,13,15-16,19,21H,4-5,8-12,14H2,1-3H3/t16-,21+/m0/s1. The number of nitrogens with zero attached hydrogens (tertiary/aromatic N) is 4. The molecule has 7 nitrogen and oxygen atoms in total. The van der Waals surface area contributed by atoms with Crippen LogP contribution in [0.2, 0.25) is 0 Å². The third-order valence-corrected chi connectivity index (χ3v) is 6.52. The van der Waals surface area contributed by atoms with E-state index in [1.54, 1.807) is 11.8 Å². The highest BCUT2D eigenvalue weighted by Crippen LogP contribution is 2.35. The Morgan fingerprint density at radius 3 is 2.67 bits per heavy atom. The molecule has 0 spiro atoms. The van der Waals surface area contributed by atoms with E-state index in [1.807, 2.05) is 0 Å². The van der Waals surface area contributed by atoms with E-state index in [0.29, 0.717) is 18.5 Å². The summed E-state index contributed by atoms with van der Waals surface area (Å²) in [4.78, 5) is 28.9. The zero-order chi connectivity index (χ0) is 21.3. The van der Waals surface area contributed by atoms with Crippen LogP contribution in [0.4, 0.5) is 0 Å². The number of hydrogen-bond acceptors (Lipinski definition) is 5. The van der Waals surface area contributed by atoms with Gasteiger partial charge in [0.1, 0.15) is 0 Å². The van der Waals surface area contributed by atoms with E-state index in [-0.39, 0.29) is 12.6 Å². The van der Waals surface area contributed by atoms with Crippen LogP contribution in [0.15, 0.2) is 24.4 Å². The predicted molar refractivity (Wildman–Crippen MR) is 115 cm³/mol. The molecule has 2 aliphatic rings. The number of benzene rings is 1. The van der Waals surface area contributed by atoms with E-state index in [9.17, 15) is 9.59 Å². The Hall–Kier alpha value is -2.41. The summed E-state index contributed by atoms with van der Waals surface area (Å²) in [6, 6.07) is 6.58. The second kappa shape index (κ2) is 8.76. The molecule has 4 rings (SSSR count). The smallest absolute Gasteiger partial charge is 0.397 e. The number of rotatable bonds is 3. The van der Waals surface area contributed by atoms with Crippen LogP contribution in [0, 0.1) is 5.92 Å². The zero-order valence-corrected chi connectivity index (χ0v) is 18.2. The minimum Gasteiger partial charge on any atom is -0.459 e. The summed E-state index contributed by atoms with van der Waals surface area (Å²) in [5.74, 6) is -0.929. The molecule has 0 unspecified atom stereocenters. The van der Waals surface area contributed by atoms with Crippen molar-refractivity contribution in [3.8, 4) is 0 Å². The average molecular weight is 413 g/mol. The van der Waals surface area contributed by atoms with Crippen molar-refractivity contribution in [1.29, 1.82) is 0 Å². The lowest BCUT2D eigenvalue weighted by Crippen LogP contribution is -2.45. The number of piperidine rings is 2. The molecular formula is C23H32N4O3. The number of ether oxygens (including phenoxy) is 1.